The first-order valence-corrected chi connectivity index (χ1v) is 5.00. The summed E-state index contributed by atoms with van der Waals surface area (Å²) in [5.41, 5.74) is 0. The predicted molar refractivity (Wildman–Crippen MR) is 58.7 cm³/mol. The van der Waals surface area contributed by atoms with Gasteiger partial charge in [-0.05, 0) is 12.0 Å². The van der Waals surface area contributed by atoms with E-state index in [1.54, 1.807) is 13.3 Å². The van der Waals surface area contributed by atoms with E-state index in [1.807, 2.05) is 12.1 Å². The molecule has 3 heteroatoms. The summed E-state index contributed by atoms with van der Waals surface area (Å²) in [4.78, 5) is 4.20. The average molecular weight is 194 g/mol. The van der Waals surface area contributed by atoms with E-state index in [9.17, 15) is 0 Å². The van der Waals surface area contributed by atoms with E-state index in [0.29, 0.717) is 5.92 Å². The first-order valence-electron chi connectivity index (χ1n) is 5.00. The Bertz CT molecular complexity index is 276. The van der Waals surface area contributed by atoms with Crippen molar-refractivity contribution >= 4 is 5.82 Å². The van der Waals surface area contributed by atoms with Crippen LogP contribution < -0.4 is 10.1 Å². The molecule has 1 heterocycles. The van der Waals surface area contributed by atoms with Crippen LogP contribution >= 0.6 is 0 Å². The summed E-state index contributed by atoms with van der Waals surface area (Å²) < 4.78 is 5.11. The zero-order valence-corrected chi connectivity index (χ0v) is 9.08. The van der Waals surface area contributed by atoms with E-state index in [4.69, 9.17) is 4.74 Å². The van der Waals surface area contributed by atoms with Gasteiger partial charge in [0.25, 0.3) is 0 Å². The number of ether oxygens (including phenoxy) is 1. The van der Waals surface area contributed by atoms with Crippen LogP contribution in [0.1, 0.15) is 20.3 Å². The molecule has 0 radical (unpaired) electrons. The third-order valence-corrected chi connectivity index (χ3v) is 2.30. The van der Waals surface area contributed by atoms with Gasteiger partial charge in [0.15, 0.2) is 0 Å². The fraction of sp³-hybridized carbons (Fsp3) is 0.545. The minimum atomic E-state index is 0.669. The largest absolute Gasteiger partial charge is 0.497 e. The molecule has 1 N–H and O–H groups in total. The van der Waals surface area contributed by atoms with Crippen molar-refractivity contribution in [2.24, 2.45) is 5.92 Å². The van der Waals surface area contributed by atoms with Crippen molar-refractivity contribution in [1.29, 1.82) is 0 Å². The minimum absolute atomic E-state index is 0.669. The maximum atomic E-state index is 5.11. The van der Waals surface area contributed by atoms with Crippen LogP contribution in [0.3, 0.4) is 0 Å². The lowest BCUT2D eigenvalue weighted by molar-refractivity contribution is 0.414. The van der Waals surface area contributed by atoms with Crippen molar-refractivity contribution in [1.82, 2.24) is 4.98 Å². The number of hydrogen-bond donors (Lipinski definition) is 1. The first kappa shape index (κ1) is 10.8. The highest BCUT2D eigenvalue weighted by Gasteiger charge is 2.00. The number of nitrogens with one attached hydrogen (secondary N) is 1. The van der Waals surface area contributed by atoms with Gasteiger partial charge in [-0.1, -0.05) is 20.3 Å². The van der Waals surface area contributed by atoms with Gasteiger partial charge in [-0.2, -0.15) is 0 Å². The molecule has 1 aromatic rings. The highest BCUT2D eigenvalue weighted by atomic mass is 16.5. The second-order valence-corrected chi connectivity index (χ2v) is 3.48. The molecule has 0 aliphatic heterocycles. The lowest BCUT2D eigenvalue weighted by Crippen LogP contribution is -2.11. The monoisotopic (exact) mass is 194 g/mol. The van der Waals surface area contributed by atoms with E-state index in [0.717, 1.165) is 18.1 Å². The fourth-order valence-electron chi connectivity index (χ4n) is 1.06. The Morgan fingerprint density at radius 1 is 1.57 bits per heavy atom. The van der Waals surface area contributed by atoms with Crippen LogP contribution in [0, 0.1) is 5.92 Å². The molecule has 14 heavy (non-hydrogen) atoms. The molecule has 0 amide bonds. The molecular weight excluding hydrogens is 176 g/mol. The molecule has 0 aliphatic carbocycles. The zero-order chi connectivity index (χ0) is 10.4. The number of pyridine rings is 1. The fourth-order valence-corrected chi connectivity index (χ4v) is 1.06. The summed E-state index contributed by atoms with van der Waals surface area (Å²) in [5.74, 6) is 2.39. The van der Waals surface area contributed by atoms with Crippen molar-refractivity contribution in [2.75, 3.05) is 19.0 Å². The van der Waals surface area contributed by atoms with Crippen LogP contribution in [0.15, 0.2) is 18.3 Å². The maximum Gasteiger partial charge on any atom is 0.129 e. The number of nitrogens with zero attached hydrogens (tertiary/aromatic N) is 1. The quantitative estimate of drug-likeness (QED) is 0.782. The lowest BCUT2D eigenvalue weighted by atomic mass is 10.1. The van der Waals surface area contributed by atoms with Gasteiger partial charge in [0.05, 0.1) is 7.11 Å². The lowest BCUT2D eigenvalue weighted by Gasteiger charge is -2.10. The van der Waals surface area contributed by atoms with Gasteiger partial charge in [0.1, 0.15) is 11.6 Å². The highest BCUT2D eigenvalue weighted by molar-refractivity contribution is 5.40. The number of methoxy groups -OCH3 is 1. The van der Waals surface area contributed by atoms with Gasteiger partial charge >= 0.3 is 0 Å². The molecule has 0 bridgehead atoms. The minimum Gasteiger partial charge on any atom is -0.497 e. The van der Waals surface area contributed by atoms with Crippen molar-refractivity contribution in [3.63, 3.8) is 0 Å². The summed E-state index contributed by atoms with van der Waals surface area (Å²) in [6, 6.07) is 3.75. The van der Waals surface area contributed by atoms with Gasteiger partial charge < -0.3 is 10.1 Å². The van der Waals surface area contributed by atoms with Gasteiger partial charge in [-0.15, -0.1) is 0 Å². The molecule has 0 saturated carbocycles. The molecule has 0 aromatic carbocycles. The standard InChI is InChI=1S/C11H18N2O/c1-4-9(2)8-13-11-7-10(14-3)5-6-12-11/h5-7,9H,4,8H2,1-3H3,(H,12,13). The van der Waals surface area contributed by atoms with Crippen LogP contribution in [0.2, 0.25) is 0 Å². The Kier molecular flexibility index (Phi) is 4.23. The molecule has 1 atom stereocenters. The van der Waals surface area contributed by atoms with Gasteiger partial charge in [-0.3, -0.25) is 0 Å². The summed E-state index contributed by atoms with van der Waals surface area (Å²) in [7, 11) is 1.66. The van der Waals surface area contributed by atoms with Crippen LogP contribution in [0.25, 0.3) is 0 Å². The number of aromatic nitrogens is 1. The van der Waals surface area contributed by atoms with Gasteiger partial charge in [-0.25, -0.2) is 4.98 Å². The maximum absolute atomic E-state index is 5.11. The molecule has 1 unspecified atom stereocenters. The molecule has 0 aliphatic rings. The van der Waals surface area contributed by atoms with E-state index in [2.05, 4.69) is 24.1 Å². The second kappa shape index (κ2) is 5.47. The third-order valence-electron chi connectivity index (χ3n) is 2.30. The van der Waals surface area contributed by atoms with Crippen molar-refractivity contribution in [3.8, 4) is 5.75 Å². The summed E-state index contributed by atoms with van der Waals surface area (Å²) in [6.45, 7) is 5.36. The summed E-state index contributed by atoms with van der Waals surface area (Å²) in [5, 5.41) is 3.28. The van der Waals surface area contributed by atoms with E-state index < -0.39 is 0 Å². The molecule has 1 aromatic heterocycles. The first-order chi connectivity index (χ1) is 6.76. The number of anilines is 1. The van der Waals surface area contributed by atoms with Crippen molar-refractivity contribution in [2.45, 2.75) is 20.3 Å². The topological polar surface area (TPSA) is 34.1 Å². The SMILES string of the molecule is CCC(C)CNc1cc(OC)ccn1. The van der Waals surface area contributed by atoms with Crippen LogP contribution in [0.4, 0.5) is 5.82 Å². The van der Waals surface area contributed by atoms with E-state index >= 15 is 0 Å². The van der Waals surface area contributed by atoms with Crippen LogP contribution in [0.5, 0.6) is 5.75 Å². The molecular formula is C11H18N2O. The van der Waals surface area contributed by atoms with E-state index in [-0.39, 0.29) is 0 Å². The molecule has 1 rings (SSSR count). The van der Waals surface area contributed by atoms with Gasteiger partial charge in [0.2, 0.25) is 0 Å². The second-order valence-electron chi connectivity index (χ2n) is 3.48. The summed E-state index contributed by atoms with van der Waals surface area (Å²) in [6.07, 6.45) is 2.93. The van der Waals surface area contributed by atoms with Gasteiger partial charge in [0, 0.05) is 18.8 Å². The molecule has 0 spiro atoms. The van der Waals surface area contributed by atoms with Crippen LogP contribution in [-0.4, -0.2) is 18.6 Å². The Hall–Kier alpha value is -1.25. The smallest absolute Gasteiger partial charge is 0.129 e. The van der Waals surface area contributed by atoms with Crippen LogP contribution in [-0.2, 0) is 0 Å². The Labute approximate surface area is 85.5 Å². The zero-order valence-electron chi connectivity index (χ0n) is 9.08. The Morgan fingerprint density at radius 2 is 2.36 bits per heavy atom. The normalized spacial score (nSPS) is 12.2. The Morgan fingerprint density at radius 3 is 3.00 bits per heavy atom. The highest BCUT2D eigenvalue weighted by Crippen LogP contribution is 2.14. The predicted octanol–water partition coefficient (Wildman–Crippen LogP) is 2.55. The third kappa shape index (κ3) is 3.24. The molecule has 3 nitrogen and oxygen atoms in total. The number of hydrogen-bond acceptors (Lipinski definition) is 3. The average Bonchev–Trinajstić information content (AvgIpc) is 2.26. The number of rotatable bonds is 5. The van der Waals surface area contributed by atoms with E-state index in [1.165, 1.54) is 6.42 Å². The Balaban J connectivity index is 2.50. The van der Waals surface area contributed by atoms with Crippen molar-refractivity contribution < 1.29 is 4.74 Å². The summed E-state index contributed by atoms with van der Waals surface area (Å²) >= 11 is 0. The molecule has 0 fully saturated rings. The molecule has 78 valence electrons. The molecule has 0 saturated heterocycles. The van der Waals surface area contributed by atoms with Crippen molar-refractivity contribution in [3.05, 3.63) is 18.3 Å².